The summed E-state index contributed by atoms with van der Waals surface area (Å²) in [5.74, 6) is 5.81. The molecule has 1 unspecified atom stereocenters. The highest BCUT2D eigenvalue weighted by Gasteiger charge is 2.21. The number of aliphatic hydroxyl groups excluding tert-OH is 1. The predicted octanol–water partition coefficient (Wildman–Crippen LogP) is 2.78. The fourth-order valence-electron chi connectivity index (χ4n) is 2.08. The molecule has 1 aromatic carbocycles. The molecule has 0 spiro atoms. The summed E-state index contributed by atoms with van der Waals surface area (Å²) in [6.45, 7) is -0.0399. The van der Waals surface area contributed by atoms with Crippen LogP contribution in [-0.2, 0) is 4.79 Å². The maximum absolute atomic E-state index is 13.8. The Morgan fingerprint density at radius 1 is 1.48 bits per heavy atom. The smallest absolute Gasteiger partial charge is 0.237 e. The number of carbonyl (C=O) groups excluding carboxylic acids is 1. The van der Waals surface area contributed by atoms with Crippen molar-refractivity contribution >= 4 is 23.4 Å². The zero-order valence-corrected chi connectivity index (χ0v) is 12.5. The van der Waals surface area contributed by atoms with Gasteiger partial charge in [-0.05, 0) is 36.8 Å². The van der Waals surface area contributed by atoms with Crippen LogP contribution in [0.5, 0.6) is 0 Å². The van der Waals surface area contributed by atoms with Crippen molar-refractivity contribution in [3.05, 3.63) is 29.6 Å². The van der Waals surface area contributed by atoms with Gasteiger partial charge in [0.1, 0.15) is 5.82 Å². The molecule has 0 aromatic heterocycles. The number of aliphatic hydroxyl groups is 1. The Morgan fingerprint density at radius 2 is 2.33 bits per heavy atom. The number of hydrogen-bond donors (Lipinski definition) is 2. The van der Waals surface area contributed by atoms with E-state index in [9.17, 15) is 9.18 Å². The summed E-state index contributed by atoms with van der Waals surface area (Å²) in [6, 6.07) is 4.48. The minimum absolute atomic E-state index is 0.0363. The Hall–Kier alpha value is -1.51. The lowest BCUT2D eigenvalue weighted by molar-refractivity contribution is -0.115. The molecule has 1 aliphatic heterocycles. The van der Waals surface area contributed by atoms with Crippen LogP contribution in [0, 0.1) is 17.7 Å². The van der Waals surface area contributed by atoms with E-state index in [4.69, 9.17) is 5.11 Å². The normalized spacial score (nSPS) is 17.7. The fourth-order valence-corrected chi connectivity index (χ4v) is 3.28. The Bertz CT molecular complexity index is 559. The van der Waals surface area contributed by atoms with Crippen LogP contribution in [0.3, 0.4) is 0 Å². The zero-order valence-electron chi connectivity index (χ0n) is 11.7. The van der Waals surface area contributed by atoms with Crippen LogP contribution in [0.2, 0.25) is 0 Å². The van der Waals surface area contributed by atoms with Crippen molar-refractivity contribution in [1.29, 1.82) is 0 Å². The molecule has 1 fully saturated rings. The van der Waals surface area contributed by atoms with E-state index in [-0.39, 0.29) is 23.3 Å². The van der Waals surface area contributed by atoms with Crippen LogP contribution in [0.15, 0.2) is 18.2 Å². The first kappa shape index (κ1) is 15.9. The van der Waals surface area contributed by atoms with Gasteiger partial charge in [0.2, 0.25) is 5.91 Å². The molecule has 2 N–H and O–H groups in total. The van der Waals surface area contributed by atoms with Crippen LogP contribution in [0.25, 0.3) is 0 Å². The molecule has 112 valence electrons. The van der Waals surface area contributed by atoms with Crippen LogP contribution in [0.4, 0.5) is 10.1 Å². The highest BCUT2D eigenvalue weighted by Crippen LogP contribution is 2.26. The highest BCUT2D eigenvalue weighted by molar-refractivity contribution is 8.00. The Kier molecular flexibility index (Phi) is 6.09. The van der Waals surface area contributed by atoms with Crippen molar-refractivity contribution in [2.24, 2.45) is 0 Å². The van der Waals surface area contributed by atoms with E-state index in [0.717, 1.165) is 25.0 Å². The Labute approximate surface area is 128 Å². The van der Waals surface area contributed by atoms with Crippen molar-refractivity contribution in [1.82, 2.24) is 0 Å². The van der Waals surface area contributed by atoms with E-state index in [2.05, 4.69) is 17.2 Å². The molecular formula is C16H18FNO2S. The minimum atomic E-state index is -0.463. The number of benzene rings is 1. The van der Waals surface area contributed by atoms with Gasteiger partial charge in [-0.2, -0.15) is 0 Å². The minimum Gasteiger partial charge on any atom is -0.395 e. The first-order valence-corrected chi connectivity index (χ1v) is 8.07. The topological polar surface area (TPSA) is 49.3 Å². The van der Waals surface area contributed by atoms with Crippen LogP contribution >= 0.6 is 11.8 Å². The summed E-state index contributed by atoms with van der Waals surface area (Å²) in [4.78, 5) is 12.1. The van der Waals surface area contributed by atoms with E-state index in [1.807, 2.05) is 0 Å². The Morgan fingerprint density at radius 3 is 3.00 bits per heavy atom. The molecule has 0 bridgehead atoms. The van der Waals surface area contributed by atoms with Crippen molar-refractivity contribution in [3.63, 3.8) is 0 Å². The molecule has 1 saturated heterocycles. The van der Waals surface area contributed by atoms with Gasteiger partial charge in [0.05, 0.1) is 17.4 Å². The van der Waals surface area contributed by atoms with Crippen molar-refractivity contribution in [3.8, 4) is 11.8 Å². The molecule has 0 aliphatic carbocycles. The van der Waals surface area contributed by atoms with Crippen molar-refractivity contribution in [2.75, 3.05) is 17.7 Å². The first-order valence-electron chi connectivity index (χ1n) is 7.02. The van der Waals surface area contributed by atoms with Gasteiger partial charge in [0.25, 0.3) is 0 Å². The molecule has 5 heteroatoms. The number of anilines is 1. The second-order valence-corrected chi connectivity index (χ2v) is 6.13. The number of carbonyl (C=O) groups is 1. The molecule has 1 aliphatic rings. The number of rotatable bonds is 3. The zero-order chi connectivity index (χ0) is 15.1. The van der Waals surface area contributed by atoms with E-state index in [0.29, 0.717) is 12.1 Å². The number of nitrogens with one attached hydrogen (secondary N) is 1. The third-order valence-corrected chi connectivity index (χ3v) is 4.55. The lowest BCUT2D eigenvalue weighted by Gasteiger charge is -2.20. The summed E-state index contributed by atoms with van der Waals surface area (Å²) in [7, 11) is 0. The lowest BCUT2D eigenvalue weighted by atomic mass is 10.1. The monoisotopic (exact) mass is 307 g/mol. The number of hydrogen-bond acceptors (Lipinski definition) is 3. The predicted molar refractivity (Wildman–Crippen MR) is 83.7 cm³/mol. The first-order chi connectivity index (χ1) is 10.2. The van der Waals surface area contributed by atoms with Gasteiger partial charge < -0.3 is 10.4 Å². The van der Waals surface area contributed by atoms with Gasteiger partial charge in [0, 0.05) is 12.1 Å². The van der Waals surface area contributed by atoms with E-state index in [1.165, 1.54) is 6.07 Å². The molecule has 21 heavy (non-hydrogen) atoms. The van der Waals surface area contributed by atoms with Crippen LogP contribution in [0.1, 0.15) is 31.2 Å². The highest BCUT2D eigenvalue weighted by atomic mass is 32.2. The molecule has 2 rings (SSSR count). The van der Waals surface area contributed by atoms with E-state index in [1.54, 1.807) is 23.9 Å². The SMILES string of the molecule is O=C(Nc1ccc(C#CCCO)c(F)c1)C1CCCCS1. The maximum atomic E-state index is 13.8. The van der Waals surface area contributed by atoms with E-state index < -0.39 is 5.82 Å². The van der Waals surface area contributed by atoms with Gasteiger partial charge in [-0.15, -0.1) is 11.8 Å². The van der Waals surface area contributed by atoms with Gasteiger partial charge >= 0.3 is 0 Å². The largest absolute Gasteiger partial charge is 0.395 e. The molecule has 1 atom stereocenters. The molecule has 1 amide bonds. The van der Waals surface area contributed by atoms with Gasteiger partial charge in [-0.3, -0.25) is 4.79 Å². The number of thioether (sulfide) groups is 1. The third-order valence-electron chi connectivity index (χ3n) is 3.17. The molecule has 0 radical (unpaired) electrons. The van der Waals surface area contributed by atoms with Crippen molar-refractivity contribution < 1.29 is 14.3 Å². The second kappa shape index (κ2) is 8.06. The summed E-state index contributed by atoms with van der Waals surface area (Å²) in [5, 5.41) is 11.4. The number of halogens is 1. The van der Waals surface area contributed by atoms with Gasteiger partial charge in [-0.25, -0.2) is 4.39 Å². The van der Waals surface area contributed by atoms with Crippen LogP contribution in [-0.4, -0.2) is 28.6 Å². The second-order valence-electron chi connectivity index (χ2n) is 4.81. The Balaban J connectivity index is 1.99. The van der Waals surface area contributed by atoms with Gasteiger partial charge in [0.15, 0.2) is 0 Å². The summed E-state index contributed by atoms with van der Waals surface area (Å²) >= 11 is 1.66. The molecule has 3 nitrogen and oxygen atoms in total. The molecule has 0 saturated carbocycles. The van der Waals surface area contributed by atoms with Gasteiger partial charge in [-0.1, -0.05) is 18.3 Å². The standard InChI is InChI=1S/C16H18FNO2S/c17-14-11-13(8-7-12(14)5-1-3-9-19)18-16(20)15-6-2-4-10-21-15/h7-8,11,15,19H,2-4,6,9-10H2,(H,18,20). The summed E-state index contributed by atoms with van der Waals surface area (Å²) < 4.78 is 13.8. The van der Waals surface area contributed by atoms with Crippen molar-refractivity contribution in [2.45, 2.75) is 30.9 Å². The quantitative estimate of drug-likeness (QED) is 0.844. The molecule has 1 heterocycles. The molecular weight excluding hydrogens is 289 g/mol. The average Bonchev–Trinajstić information content (AvgIpc) is 2.50. The lowest BCUT2D eigenvalue weighted by Crippen LogP contribution is -2.27. The average molecular weight is 307 g/mol. The summed E-state index contributed by atoms with van der Waals surface area (Å²) in [6.07, 6.45) is 3.42. The third kappa shape index (κ3) is 4.76. The van der Waals surface area contributed by atoms with Crippen LogP contribution < -0.4 is 5.32 Å². The molecule has 1 aromatic rings. The number of amides is 1. The fraction of sp³-hybridized carbons (Fsp3) is 0.438. The van der Waals surface area contributed by atoms with E-state index >= 15 is 0 Å². The summed E-state index contributed by atoms with van der Waals surface area (Å²) in [5.41, 5.74) is 0.727. The maximum Gasteiger partial charge on any atom is 0.237 e.